The fourth-order valence-corrected chi connectivity index (χ4v) is 3.07. The number of amides is 1. The number of carbonyl (C=O) groups is 1. The fourth-order valence-electron chi connectivity index (χ4n) is 3.07. The van der Waals surface area contributed by atoms with Gasteiger partial charge in [-0.25, -0.2) is 0 Å². The van der Waals surface area contributed by atoms with Crippen molar-refractivity contribution in [2.45, 2.75) is 20.3 Å². The van der Waals surface area contributed by atoms with E-state index in [0.717, 1.165) is 16.9 Å². The summed E-state index contributed by atoms with van der Waals surface area (Å²) >= 11 is 0. The molecule has 0 saturated carbocycles. The predicted octanol–water partition coefficient (Wildman–Crippen LogP) is 4.71. The van der Waals surface area contributed by atoms with Crippen LogP contribution in [0.1, 0.15) is 16.7 Å². The smallest absolute Gasteiger partial charge is 0.224 e. The number of aryl methyl sites for hydroxylation is 2. The van der Waals surface area contributed by atoms with E-state index in [2.05, 4.69) is 35.6 Å². The molecule has 0 bridgehead atoms. The molecule has 0 aliphatic carbocycles. The molecule has 3 aromatic carbocycles. The Hall–Kier alpha value is -3.07. The van der Waals surface area contributed by atoms with Crippen molar-refractivity contribution in [3.8, 4) is 16.9 Å². The zero-order chi connectivity index (χ0) is 19.1. The lowest BCUT2D eigenvalue weighted by Gasteiger charge is -2.10. The van der Waals surface area contributed by atoms with E-state index in [0.29, 0.717) is 19.6 Å². The molecule has 27 heavy (non-hydrogen) atoms. The van der Waals surface area contributed by atoms with Crippen LogP contribution in [0.15, 0.2) is 72.8 Å². The maximum Gasteiger partial charge on any atom is 0.224 e. The van der Waals surface area contributed by atoms with Crippen LogP contribution in [0.2, 0.25) is 0 Å². The van der Waals surface area contributed by atoms with E-state index in [4.69, 9.17) is 4.74 Å². The summed E-state index contributed by atoms with van der Waals surface area (Å²) in [6.45, 7) is 5.05. The third-order valence-corrected chi connectivity index (χ3v) is 4.31. The van der Waals surface area contributed by atoms with Gasteiger partial charge in [0.05, 0.1) is 13.0 Å². The van der Waals surface area contributed by atoms with Crippen molar-refractivity contribution in [3.63, 3.8) is 0 Å². The molecule has 0 fully saturated rings. The largest absolute Gasteiger partial charge is 0.492 e. The van der Waals surface area contributed by atoms with Gasteiger partial charge in [0.2, 0.25) is 5.91 Å². The van der Waals surface area contributed by atoms with Gasteiger partial charge in [-0.3, -0.25) is 4.79 Å². The van der Waals surface area contributed by atoms with Crippen molar-refractivity contribution < 1.29 is 9.53 Å². The molecule has 0 radical (unpaired) electrons. The molecule has 1 amide bonds. The Kier molecular flexibility index (Phi) is 6.26. The van der Waals surface area contributed by atoms with Crippen molar-refractivity contribution in [1.82, 2.24) is 5.32 Å². The van der Waals surface area contributed by atoms with Gasteiger partial charge in [-0.15, -0.1) is 0 Å². The summed E-state index contributed by atoms with van der Waals surface area (Å²) in [6, 6.07) is 24.5. The lowest BCUT2D eigenvalue weighted by molar-refractivity contribution is -0.120. The van der Waals surface area contributed by atoms with E-state index in [1.165, 1.54) is 16.7 Å². The molecule has 0 atom stereocenters. The van der Waals surface area contributed by atoms with Crippen LogP contribution in [0.3, 0.4) is 0 Å². The normalized spacial score (nSPS) is 10.4. The quantitative estimate of drug-likeness (QED) is 0.621. The summed E-state index contributed by atoms with van der Waals surface area (Å²) in [5.41, 5.74) is 5.68. The lowest BCUT2D eigenvalue weighted by atomic mass is 10.0. The van der Waals surface area contributed by atoms with Crippen LogP contribution >= 0.6 is 0 Å². The second kappa shape index (κ2) is 9.04. The molecular weight excluding hydrogens is 334 g/mol. The first-order valence-electron chi connectivity index (χ1n) is 9.22. The molecule has 0 aliphatic rings. The van der Waals surface area contributed by atoms with Crippen molar-refractivity contribution in [3.05, 3.63) is 89.5 Å². The molecule has 0 heterocycles. The van der Waals surface area contributed by atoms with Gasteiger partial charge in [-0.1, -0.05) is 60.7 Å². The predicted molar refractivity (Wildman–Crippen MR) is 110 cm³/mol. The van der Waals surface area contributed by atoms with E-state index in [1.54, 1.807) is 0 Å². The molecule has 0 aliphatic heterocycles. The highest BCUT2D eigenvalue weighted by molar-refractivity contribution is 5.78. The first-order valence-corrected chi connectivity index (χ1v) is 9.22. The van der Waals surface area contributed by atoms with Crippen LogP contribution < -0.4 is 10.1 Å². The molecular formula is C24H25NO2. The molecule has 0 spiro atoms. The van der Waals surface area contributed by atoms with Gasteiger partial charge in [0.15, 0.2) is 0 Å². The van der Waals surface area contributed by atoms with Crippen LogP contribution in [-0.4, -0.2) is 19.1 Å². The topological polar surface area (TPSA) is 38.3 Å². The Morgan fingerprint density at radius 1 is 0.852 bits per heavy atom. The van der Waals surface area contributed by atoms with E-state index in [-0.39, 0.29) is 5.91 Å². The number of benzene rings is 3. The number of rotatable bonds is 7. The van der Waals surface area contributed by atoms with E-state index in [1.807, 2.05) is 56.3 Å². The van der Waals surface area contributed by atoms with E-state index < -0.39 is 0 Å². The van der Waals surface area contributed by atoms with Gasteiger partial charge in [0.1, 0.15) is 12.4 Å². The van der Waals surface area contributed by atoms with Gasteiger partial charge < -0.3 is 10.1 Å². The second-order valence-electron chi connectivity index (χ2n) is 6.76. The van der Waals surface area contributed by atoms with E-state index >= 15 is 0 Å². The SMILES string of the molecule is Cc1cc(C)cc(OCCNC(=O)Cc2ccc(-c3ccccc3)cc2)c1. The van der Waals surface area contributed by atoms with Gasteiger partial charge in [0.25, 0.3) is 0 Å². The van der Waals surface area contributed by atoms with Crippen molar-refractivity contribution in [2.75, 3.05) is 13.2 Å². The Morgan fingerprint density at radius 3 is 2.15 bits per heavy atom. The highest BCUT2D eigenvalue weighted by Crippen LogP contribution is 2.19. The molecule has 138 valence electrons. The molecule has 0 aromatic heterocycles. The Morgan fingerprint density at radius 2 is 1.48 bits per heavy atom. The molecule has 3 rings (SSSR count). The molecule has 0 unspecified atom stereocenters. The molecule has 0 saturated heterocycles. The first-order chi connectivity index (χ1) is 13.1. The highest BCUT2D eigenvalue weighted by atomic mass is 16.5. The minimum atomic E-state index is 0.00600. The fraction of sp³-hybridized carbons (Fsp3) is 0.208. The van der Waals surface area contributed by atoms with Gasteiger partial charge in [-0.2, -0.15) is 0 Å². The average molecular weight is 359 g/mol. The van der Waals surface area contributed by atoms with Gasteiger partial charge in [-0.05, 0) is 53.8 Å². The summed E-state index contributed by atoms with van der Waals surface area (Å²) < 4.78 is 5.72. The maximum atomic E-state index is 12.1. The minimum Gasteiger partial charge on any atom is -0.492 e. The number of hydrogen-bond acceptors (Lipinski definition) is 2. The molecule has 3 aromatic rings. The van der Waals surface area contributed by atoms with Gasteiger partial charge >= 0.3 is 0 Å². The summed E-state index contributed by atoms with van der Waals surface area (Å²) in [5.74, 6) is 0.852. The van der Waals surface area contributed by atoms with Crippen LogP contribution in [0.5, 0.6) is 5.75 Å². The van der Waals surface area contributed by atoms with Crippen LogP contribution in [0, 0.1) is 13.8 Å². The number of ether oxygens (including phenoxy) is 1. The third-order valence-electron chi connectivity index (χ3n) is 4.31. The molecule has 1 N–H and O–H groups in total. The Bertz CT molecular complexity index is 866. The summed E-state index contributed by atoms with van der Waals surface area (Å²) in [6.07, 6.45) is 0.374. The van der Waals surface area contributed by atoms with Gasteiger partial charge in [0, 0.05) is 0 Å². The Balaban J connectivity index is 1.44. The number of hydrogen-bond donors (Lipinski definition) is 1. The summed E-state index contributed by atoms with van der Waals surface area (Å²) in [5, 5.41) is 2.91. The lowest BCUT2D eigenvalue weighted by Crippen LogP contribution is -2.29. The number of nitrogens with one attached hydrogen (secondary N) is 1. The number of carbonyl (C=O) groups excluding carboxylic acids is 1. The zero-order valence-electron chi connectivity index (χ0n) is 15.9. The van der Waals surface area contributed by atoms with Crippen molar-refractivity contribution in [2.24, 2.45) is 0 Å². The highest BCUT2D eigenvalue weighted by Gasteiger charge is 2.04. The summed E-state index contributed by atoms with van der Waals surface area (Å²) in [7, 11) is 0. The molecule has 3 nitrogen and oxygen atoms in total. The minimum absolute atomic E-state index is 0.00600. The van der Waals surface area contributed by atoms with Crippen molar-refractivity contribution >= 4 is 5.91 Å². The second-order valence-corrected chi connectivity index (χ2v) is 6.76. The third kappa shape index (κ3) is 5.71. The van der Waals surface area contributed by atoms with Crippen LogP contribution in [-0.2, 0) is 11.2 Å². The Labute approximate surface area is 161 Å². The summed E-state index contributed by atoms with van der Waals surface area (Å²) in [4.78, 5) is 12.1. The maximum absolute atomic E-state index is 12.1. The van der Waals surface area contributed by atoms with Crippen LogP contribution in [0.25, 0.3) is 11.1 Å². The molecule has 3 heteroatoms. The average Bonchev–Trinajstić information content (AvgIpc) is 2.66. The first kappa shape index (κ1) is 18.7. The monoisotopic (exact) mass is 359 g/mol. The zero-order valence-corrected chi connectivity index (χ0v) is 15.9. The van der Waals surface area contributed by atoms with E-state index in [9.17, 15) is 4.79 Å². The van der Waals surface area contributed by atoms with Crippen molar-refractivity contribution in [1.29, 1.82) is 0 Å². The van der Waals surface area contributed by atoms with Crippen LogP contribution in [0.4, 0.5) is 0 Å². The standard InChI is InChI=1S/C24H25NO2/c1-18-14-19(2)16-23(15-18)27-13-12-25-24(26)17-20-8-10-22(11-9-20)21-6-4-3-5-7-21/h3-11,14-16H,12-13,17H2,1-2H3,(H,25,26).